The van der Waals surface area contributed by atoms with Gasteiger partial charge in [0.1, 0.15) is 0 Å². The molecule has 0 bridgehead atoms. The van der Waals surface area contributed by atoms with Crippen molar-refractivity contribution in [1.82, 2.24) is 9.80 Å². The average molecular weight is 294 g/mol. The summed E-state index contributed by atoms with van der Waals surface area (Å²) >= 11 is 0. The van der Waals surface area contributed by atoms with Gasteiger partial charge in [-0.25, -0.2) is 0 Å². The number of benzene rings is 1. The fourth-order valence-electron chi connectivity index (χ4n) is 2.67. The summed E-state index contributed by atoms with van der Waals surface area (Å²) in [4.78, 5) is 4.53. The molecule has 1 heterocycles. The summed E-state index contributed by atoms with van der Waals surface area (Å²) in [6, 6.07) is 10.4. The molecule has 1 aliphatic rings. The number of ether oxygens (including phenoxy) is 1. The normalized spacial score (nSPS) is 21.3. The molecule has 2 rings (SSSR count). The summed E-state index contributed by atoms with van der Waals surface area (Å²) in [6.45, 7) is 6.02. The zero-order chi connectivity index (χ0) is 14.9. The molecule has 118 valence electrons. The van der Waals surface area contributed by atoms with E-state index in [-0.39, 0.29) is 12.7 Å². The molecule has 0 saturated carbocycles. The van der Waals surface area contributed by atoms with E-state index in [0.29, 0.717) is 26.3 Å². The highest BCUT2D eigenvalue weighted by molar-refractivity contribution is 5.14. The Morgan fingerprint density at radius 3 is 2.52 bits per heavy atom. The second-order valence-electron chi connectivity index (χ2n) is 5.51. The fourth-order valence-corrected chi connectivity index (χ4v) is 2.67. The highest BCUT2D eigenvalue weighted by Crippen LogP contribution is 2.09. The van der Waals surface area contributed by atoms with Crippen molar-refractivity contribution in [2.75, 3.05) is 52.5 Å². The SMILES string of the molecule is OCCOCCN1CCN(Cc2ccccc2)C[C@@H](O)C1. The Hall–Kier alpha value is -0.980. The molecule has 1 aromatic rings. The third kappa shape index (κ3) is 6.11. The van der Waals surface area contributed by atoms with Crippen molar-refractivity contribution in [2.24, 2.45) is 0 Å². The third-order valence-electron chi connectivity index (χ3n) is 3.71. The van der Waals surface area contributed by atoms with Gasteiger partial charge in [0, 0.05) is 39.3 Å². The maximum atomic E-state index is 10.1. The third-order valence-corrected chi connectivity index (χ3v) is 3.71. The van der Waals surface area contributed by atoms with Crippen LogP contribution in [0.1, 0.15) is 5.56 Å². The van der Waals surface area contributed by atoms with Gasteiger partial charge in [-0.1, -0.05) is 30.3 Å². The second kappa shape index (κ2) is 9.12. The van der Waals surface area contributed by atoms with Gasteiger partial charge in [-0.3, -0.25) is 9.80 Å². The lowest BCUT2D eigenvalue weighted by Gasteiger charge is -2.21. The topological polar surface area (TPSA) is 56.2 Å². The number of nitrogens with zero attached hydrogens (tertiary/aromatic N) is 2. The Labute approximate surface area is 126 Å². The van der Waals surface area contributed by atoms with Crippen LogP contribution < -0.4 is 0 Å². The number of aliphatic hydroxyl groups excluding tert-OH is 2. The highest BCUT2D eigenvalue weighted by Gasteiger charge is 2.20. The van der Waals surface area contributed by atoms with Gasteiger partial charge in [-0.15, -0.1) is 0 Å². The Balaban J connectivity index is 1.77. The minimum atomic E-state index is -0.325. The largest absolute Gasteiger partial charge is 0.394 e. The molecule has 0 spiro atoms. The minimum Gasteiger partial charge on any atom is -0.394 e. The lowest BCUT2D eigenvalue weighted by Crippen LogP contribution is -2.35. The summed E-state index contributed by atoms with van der Waals surface area (Å²) in [5.41, 5.74) is 1.28. The maximum Gasteiger partial charge on any atom is 0.0793 e. The van der Waals surface area contributed by atoms with Crippen LogP contribution in [0.3, 0.4) is 0 Å². The van der Waals surface area contributed by atoms with Crippen molar-refractivity contribution in [1.29, 1.82) is 0 Å². The Kier molecular flexibility index (Phi) is 7.12. The molecule has 1 saturated heterocycles. The van der Waals surface area contributed by atoms with Crippen LogP contribution in [-0.2, 0) is 11.3 Å². The van der Waals surface area contributed by atoms with Crippen molar-refractivity contribution >= 4 is 0 Å². The zero-order valence-electron chi connectivity index (χ0n) is 12.5. The Bertz CT molecular complexity index is 388. The van der Waals surface area contributed by atoms with Crippen LogP contribution >= 0.6 is 0 Å². The van der Waals surface area contributed by atoms with Crippen LogP contribution in [0.15, 0.2) is 30.3 Å². The summed E-state index contributed by atoms with van der Waals surface area (Å²) in [7, 11) is 0. The summed E-state index contributed by atoms with van der Waals surface area (Å²) < 4.78 is 5.30. The molecule has 0 radical (unpaired) electrons. The van der Waals surface area contributed by atoms with E-state index >= 15 is 0 Å². The van der Waals surface area contributed by atoms with E-state index in [1.54, 1.807) is 0 Å². The van der Waals surface area contributed by atoms with E-state index in [1.165, 1.54) is 5.56 Å². The van der Waals surface area contributed by atoms with E-state index in [0.717, 1.165) is 26.2 Å². The van der Waals surface area contributed by atoms with Crippen LogP contribution in [0.5, 0.6) is 0 Å². The summed E-state index contributed by atoms with van der Waals surface area (Å²) in [5.74, 6) is 0. The highest BCUT2D eigenvalue weighted by atomic mass is 16.5. The van der Waals surface area contributed by atoms with Crippen LogP contribution in [0, 0.1) is 0 Å². The van der Waals surface area contributed by atoms with Crippen molar-refractivity contribution in [3.63, 3.8) is 0 Å². The molecular weight excluding hydrogens is 268 g/mol. The number of hydrogen-bond acceptors (Lipinski definition) is 5. The molecule has 2 N–H and O–H groups in total. The number of aliphatic hydroxyl groups is 2. The fraction of sp³-hybridized carbons (Fsp3) is 0.625. The molecular formula is C16H26N2O3. The smallest absolute Gasteiger partial charge is 0.0793 e. The molecule has 1 aliphatic heterocycles. The van der Waals surface area contributed by atoms with Gasteiger partial charge in [0.25, 0.3) is 0 Å². The standard InChI is InChI=1S/C16H26N2O3/c19-9-11-21-10-8-17-6-7-18(14-16(20)13-17)12-15-4-2-1-3-5-15/h1-5,16,19-20H,6-14H2/t16-/m0/s1. The average Bonchev–Trinajstić information content (AvgIpc) is 2.66. The molecule has 0 amide bonds. The van der Waals surface area contributed by atoms with Crippen molar-refractivity contribution in [2.45, 2.75) is 12.6 Å². The molecule has 0 aliphatic carbocycles. The zero-order valence-corrected chi connectivity index (χ0v) is 12.5. The molecule has 0 unspecified atom stereocenters. The van der Waals surface area contributed by atoms with Gasteiger partial charge in [-0.2, -0.15) is 0 Å². The maximum absolute atomic E-state index is 10.1. The van der Waals surface area contributed by atoms with E-state index < -0.39 is 0 Å². The Morgan fingerprint density at radius 1 is 1.05 bits per heavy atom. The molecule has 5 nitrogen and oxygen atoms in total. The predicted octanol–water partition coefficient (Wildman–Crippen LogP) is 0.174. The second-order valence-corrected chi connectivity index (χ2v) is 5.51. The number of rotatable bonds is 7. The summed E-state index contributed by atoms with van der Waals surface area (Å²) in [6.07, 6.45) is -0.325. The van der Waals surface area contributed by atoms with Gasteiger partial charge in [0.2, 0.25) is 0 Å². The first-order valence-electron chi connectivity index (χ1n) is 7.63. The molecule has 1 fully saturated rings. The lowest BCUT2D eigenvalue weighted by atomic mass is 10.2. The lowest BCUT2D eigenvalue weighted by molar-refractivity contribution is 0.0622. The van der Waals surface area contributed by atoms with E-state index in [2.05, 4.69) is 21.9 Å². The van der Waals surface area contributed by atoms with Crippen molar-refractivity contribution < 1.29 is 14.9 Å². The van der Waals surface area contributed by atoms with Crippen molar-refractivity contribution in [3.8, 4) is 0 Å². The molecule has 5 heteroatoms. The quantitative estimate of drug-likeness (QED) is 0.702. The van der Waals surface area contributed by atoms with E-state index in [4.69, 9.17) is 9.84 Å². The van der Waals surface area contributed by atoms with Crippen LogP contribution in [0.4, 0.5) is 0 Å². The van der Waals surface area contributed by atoms with Gasteiger partial charge in [-0.05, 0) is 5.56 Å². The van der Waals surface area contributed by atoms with Gasteiger partial charge in [0.05, 0.1) is 25.9 Å². The first-order chi connectivity index (χ1) is 10.3. The Morgan fingerprint density at radius 2 is 1.76 bits per heavy atom. The first-order valence-corrected chi connectivity index (χ1v) is 7.63. The van der Waals surface area contributed by atoms with Crippen molar-refractivity contribution in [3.05, 3.63) is 35.9 Å². The molecule has 1 aromatic carbocycles. The van der Waals surface area contributed by atoms with E-state index in [1.807, 2.05) is 18.2 Å². The number of hydrogen-bond donors (Lipinski definition) is 2. The molecule has 1 atom stereocenters. The van der Waals surface area contributed by atoms with Gasteiger partial charge < -0.3 is 14.9 Å². The number of β-amino-alcohol motifs (C(OH)–C–C–N with tert-alkyl or cyclic N) is 1. The minimum absolute atomic E-state index is 0.0630. The van der Waals surface area contributed by atoms with Crippen LogP contribution in [0.25, 0.3) is 0 Å². The van der Waals surface area contributed by atoms with Gasteiger partial charge in [0.15, 0.2) is 0 Å². The van der Waals surface area contributed by atoms with Crippen LogP contribution in [0.2, 0.25) is 0 Å². The van der Waals surface area contributed by atoms with Gasteiger partial charge >= 0.3 is 0 Å². The van der Waals surface area contributed by atoms with Crippen LogP contribution in [-0.4, -0.2) is 78.7 Å². The first kappa shape index (κ1) is 16.4. The van der Waals surface area contributed by atoms with E-state index in [9.17, 15) is 5.11 Å². The molecule has 0 aromatic heterocycles. The monoisotopic (exact) mass is 294 g/mol. The summed E-state index contributed by atoms with van der Waals surface area (Å²) in [5, 5.41) is 18.8. The predicted molar refractivity (Wildman–Crippen MR) is 82.1 cm³/mol. The molecule has 21 heavy (non-hydrogen) atoms.